The highest BCUT2D eigenvalue weighted by molar-refractivity contribution is 8.00. The van der Waals surface area contributed by atoms with E-state index in [0.29, 0.717) is 17.7 Å². The fourth-order valence-corrected chi connectivity index (χ4v) is 6.98. The summed E-state index contributed by atoms with van der Waals surface area (Å²) >= 11 is 3.84. The molecule has 1 unspecified atom stereocenters. The first-order chi connectivity index (χ1) is 19.0. The molecule has 16 heteroatoms. The third kappa shape index (κ3) is 5.00. The molecular formula is C24H22N6O7S3. The Morgan fingerprint density at radius 1 is 1.27 bits per heavy atom. The second-order valence-electron chi connectivity index (χ2n) is 9.31. The number of rotatable bonds is 9. The number of carbonyl (C=O) groups is 4. The predicted molar refractivity (Wildman–Crippen MR) is 149 cm³/mol. The number of nitrogens with two attached hydrogens (primary N) is 1. The minimum Gasteiger partial charge on any atom is -0.478 e. The number of nitrogens with one attached hydrogen (secondary N) is 1. The van der Waals surface area contributed by atoms with Gasteiger partial charge in [-0.2, -0.15) is 0 Å². The number of carbonyl (C=O) groups excluding carboxylic acids is 2. The van der Waals surface area contributed by atoms with Crippen LogP contribution in [0.1, 0.15) is 24.4 Å². The Bertz CT molecular complexity index is 1610. The van der Waals surface area contributed by atoms with Crippen LogP contribution in [0.15, 0.2) is 45.5 Å². The molecule has 2 atom stereocenters. The van der Waals surface area contributed by atoms with E-state index in [1.165, 1.54) is 47.2 Å². The maximum atomic E-state index is 13.2. The number of hydrogen-bond donors (Lipinski definition) is 4. The molecule has 2 aliphatic rings. The number of amides is 2. The van der Waals surface area contributed by atoms with Gasteiger partial charge in [-0.05, 0) is 25.5 Å². The number of fused-ring (bicyclic) bond motifs is 2. The molecule has 2 amide bonds. The molecule has 0 saturated carbocycles. The number of carboxylic acids is 2. The second kappa shape index (κ2) is 10.5. The fourth-order valence-electron chi connectivity index (χ4n) is 4.08. The molecule has 3 aromatic rings. The van der Waals surface area contributed by atoms with Crippen molar-refractivity contribution in [2.45, 2.75) is 37.3 Å². The number of carboxylic acid groups (broad SMARTS) is 2. The van der Waals surface area contributed by atoms with Crippen molar-refractivity contribution in [3.05, 3.63) is 50.9 Å². The van der Waals surface area contributed by atoms with Crippen molar-refractivity contribution >= 4 is 79.9 Å². The molecule has 0 radical (unpaired) electrons. The van der Waals surface area contributed by atoms with Crippen LogP contribution in [0.4, 0.5) is 5.13 Å². The number of oxime groups is 1. The number of aliphatic carboxylic acids is 2. The zero-order valence-corrected chi connectivity index (χ0v) is 23.4. The monoisotopic (exact) mass is 602 g/mol. The molecule has 40 heavy (non-hydrogen) atoms. The van der Waals surface area contributed by atoms with Crippen molar-refractivity contribution in [2.75, 3.05) is 11.5 Å². The fraction of sp³-hybridized carbons (Fsp3) is 0.292. The Hall–Kier alpha value is -4.02. The lowest BCUT2D eigenvalue weighted by atomic mass is 10.0. The highest BCUT2D eigenvalue weighted by Crippen LogP contribution is 2.42. The number of thioether (sulfide) groups is 1. The van der Waals surface area contributed by atoms with Gasteiger partial charge in [0.25, 0.3) is 11.8 Å². The van der Waals surface area contributed by atoms with Crippen molar-refractivity contribution in [1.82, 2.24) is 20.2 Å². The molecule has 1 fully saturated rings. The van der Waals surface area contributed by atoms with Gasteiger partial charge in [0, 0.05) is 39.4 Å². The molecule has 5 N–H and O–H groups in total. The van der Waals surface area contributed by atoms with E-state index < -0.39 is 40.8 Å². The van der Waals surface area contributed by atoms with E-state index in [1.807, 2.05) is 17.5 Å². The summed E-state index contributed by atoms with van der Waals surface area (Å²) in [6.07, 6.45) is 2.00. The third-order valence-electron chi connectivity index (χ3n) is 6.20. The molecular weight excluding hydrogens is 581 g/mol. The van der Waals surface area contributed by atoms with E-state index >= 15 is 0 Å². The van der Waals surface area contributed by atoms with Crippen LogP contribution in [-0.2, 0) is 30.4 Å². The first kappa shape index (κ1) is 27.5. The van der Waals surface area contributed by atoms with E-state index in [2.05, 4.69) is 20.4 Å². The van der Waals surface area contributed by atoms with Gasteiger partial charge in [-0.25, -0.2) is 14.6 Å². The number of thiophene rings is 1. The average Bonchev–Trinajstić information content (AvgIpc) is 3.53. The van der Waals surface area contributed by atoms with Gasteiger partial charge >= 0.3 is 11.9 Å². The Morgan fingerprint density at radius 2 is 2.05 bits per heavy atom. The molecule has 1 saturated heterocycles. The molecule has 13 nitrogen and oxygen atoms in total. The van der Waals surface area contributed by atoms with Crippen molar-refractivity contribution in [2.24, 2.45) is 5.16 Å². The molecule has 0 spiro atoms. The van der Waals surface area contributed by atoms with Crippen LogP contribution >= 0.6 is 34.4 Å². The van der Waals surface area contributed by atoms with E-state index in [1.54, 1.807) is 6.20 Å². The lowest BCUT2D eigenvalue weighted by Gasteiger charge is -2.49. The number of nitrogen functional groups attached to an aromatic ring is 1. The van der Waals surface area contributed by atoms with Crippen LogP contribution in [0, 0.1) is 0 Å². The second-order valence-corrected chi connectivity index (χ2v) is 12.3. The SMILES string of the molecule is CC(C)(ON=C(C(=O)NC1C(=O)N2C(C(=O)O)=C(Cc3scc4cccnc34)CS[C@@H]12)c1csc(N)n1)C(=O)O. The molecule has 208 valence electrons. The summed E-state index contributed by atoms with van der Waals surface area (Å²) in [6.45, 7) is 2.50. The van der Waals surface area contributed by atoms with Gasteiger partial charge in [0.15, 0.2) is 10.8 Å². The van der Waals surface area contributed by atoms with E-state index in [4.69, 9.17) is 10.6 Å². The molecule has 0 aliphatic carbocycles. The van der Waals surface area contributed by atoms with E-state index in [-0.39, 0.29) is 22.2 Å². The number of nitrogens with zero attached hydrogens (tertiary/aromatic N) is 4. The number of aromatic nitrogens is 2. The Kier molecular flexibility index (Phi) is 7.24. The zero-order chi connectivity index (χ0) is 28.8. The van der Waals surface area contributed by atoms with Gasteiger partial charge < -0.3 is 26.1 Å². The average molecular weight is 603 g/mol. The largest absolute Gasteiger partial charge is 0.478 e. The highest BCUT2D eigenvalue weighted by atomic mass is 32.2. The minimum atomic E-state index is -1.75. The zero-order valence-electron chi connectivity index (χ0n) is 21.0. The summed E-state index contributed by atoms with van der Waals surface area (Å²) in [5, 5.41) is 29.5. The molecule has 0 bridgehead atoms. The lowest BCUT2D eigenvalue weighted by molar-refractivity contribution is -0.161. The van der Waals surface area contributed by atoms with Crippen molar-refractivity contribution < 1.29 is 34.2 Å². The van der Waals surface area contributed by atoms with Gasteiger partial charge in [0.1, 0.15) is 22.8 Å². The molecule has 5 heterocycles. The number of hydrogen-bond acceptors (Lipinski definition) is 12. The minimum absolute atomic E-state index is 0.0336. The maximum absolute atomic E-state index is 13.2. The molecule has 0 aromatic carbocycles. The Labute approximate surface area is 238 Å². The van der Waals surface area contributed by atoms with Crippen LogP contribution in [0.25, 0.3) is 10.9 Å². The molecule has 5 rings (SSSR count). The van der Waals surface area contributed by atoms with E-state index in [9.17, 15) is 29.4 Å². The van der Waals surface area contributed by atoms with Gasteiger partial charge in [-0.3, -0.25) is 19.5 Å². The molecule has 2 aliphatic heterocycles. The lowest BCUT2D eigenvalue weighted by Crippen LogP contribution is -2.71. The summed E-state index contributed by atoms with van der Waals surface area (Å²) in [4.78, 5) is 65.7. The standard InChI is InChI=1S/C24H22N6O7S3/c1-24(2,22(35)36)37-29-15(12-9-40-23(25)27-12)18(31)28-16-19(32)30-17(21(33)34)11(8-39-20(16)30)6-13-14-10(7-38-13)4-3-5-26-14/h3-5,7,9,16,20H,6,8H2,1-2H3,(H2,25,27)(H,28,31)(H,33,34)(H,35,36)/t16?,20-/m0/s1. The Balaban J connectivity index is 1.37. The predicted octanol–water partition coefficient (Wildman–Crippen LogP) is 1.90. The number of anilines is 1. The van der Waals surface area contributed by atoms with Crippen molar-refractivity contribution in [3.8, 4) is 0 Å². The van der Waals surface area contributed by atoms with Gasteiger partial charge in [-0.1, -0.05) is 11.2 Å². The summed E-state index contributed by atoms with van der Waals surface area (Å²) in [5.41, 5.74) is 4.85. The van der Waals surface area contributed by atoms with Gasteiger partial charge in [-0.15, -0.1) is 34.4 Å². The van der Waals surface area contributed by atoms with Crippen LogP contribution < -0.4 is 11.1 Å². The highest BCUT2D eigenvalue weighted by Gasteiger charge is 2.54. The number of pyridine rings is 1. The summed E-state index contributed by atoms with van der Waals surface area (Å²) in [6, 6.07) is 2.71. The van der Waals surface area contributed by atoms with Crippen LogP contribution in [0.2, 0.25) is 0 Å². The smallest absolute Gasteiger partial charge is 0.352 e. The van der Waals surface area contributed by atoms with Crippen LogP contribution in [0.3, 0.4) is 0 Å². The Morgan fingerprint density at radius 3 is 2.73 bits per heavy atom. The first-order valence-corrected chi connectivity index (χ1v) is 14.5. The quantitative estimate of drug-likeness (QED) is 0.158. The summed E-state index contributed by atoms with van der Waals surface area (Å²) in [5.74, 6) is -3.68. The van der Waals surface area contributed by atoms with Crippen LogP contribution in [0.5, 0.6) is 0 Å². The third-order valence-corrected chi connectivity index (χ3v) is 9.21. The number of thiazole rings is 1. The van der Waals surface area contributed by atoms with Crippen molar-refractivity contribution in [1.29, 1.82) is 0 Å². The van der Waals surface area contributed by atoms with Gasteiger partial charge in [0.2, 0.25) is 5.60 Å². The van der Waals surface area contributed by atoms with E-state index in [0.717, 1.165) is 27.1 Å². The number of β-lactam (4-membered cyclic amide) rings is 1. The van der Waals surface area contributed by atoms with Gasteiger partial charge in [0.05, 0.1) is 5.52 Å². The first-order valence-electron chi connectivity index (χ1n) is 11.7. The van der Waals surface area contributed by atoms with Crippen LogP contribution in [-0.4, -0.2) is 77.3 Å². The normalized spacial score (nSPS) is 19.3. The summed E-state index contributed by atoms with van der Waals surface area (Å²) < 4.78 is 0. The topological polar surface area (TPSA) is 197 Å². The summed E-state index contributed by atoms with van der Waals surface area (Å²) in [7, 11) is 0. The maximum Gasteiger partial charge on any atom is 0.352 e. The molecule has 3 aromatic heterocycles. The van der Waals surface area contributed by atoms with Crippen molar-refractivity contribution in [3.63, 3.8) is 0 Å².